The van der Waals surface area contributed by atoms with E-state index in [0.717, 1.165) is 39.7 Å². The minimum absolute atomic E-state index is 0.0154. The lowest BCUT2D eigenvalue weighted by atomic mass is 9.98. The Hall–Kier alpha value is -2.42. The molecule has 160 valence electrons. The number of para-hydroxylation sites is 1. The summed E-state index contributed by atoms with van der Waals surface area (Å²) in [7, 11) is -1.42. The summed E-state index contributed by atoms with van der Waals surface area (Å²) in [6, 6.07) is 9.63. The molecule has 13 heteroatoms. The molecule has 5 rings (SSSR count). The highest BCUT2D eigenvalue weighted by Crippen LogP contribution is 2.43. The Morgan fingerprint density at radius 1 is 1.26 bits per heavy atom. The number of tetrazole rings is 1. The van der Waals surface area contributed by atoms with E-state index < -0.39 is 11.0 Å². The first-order valence-electron chi connectivity index (χ1n) is 9.42. The van der Waals surface area contributed by atoms with Crippen LogP contribution < -0.4 is 16.6 Å². The van der Waals surface area contributed by atoms with Gasteiger partial charge in [0, 0.05) is 30.3 Å². The molecule has 0 amide bonds. The van der Waals surface area contributed by atoms with Crippen LogP contribution >= 0.6 is 23.3 Å². The summed E-state index contributed by atoms with van der Waals surface area (Å²) in [5, 5.41) is 21.2. The minimum atomic E-state index is -1.42. The number of H-pyrrole nitrogens is 1. The summed E-state index contributed by atoms with van der Waals surface area (Å²) < 4.78 is 16.2. The number of benzene rings is 2. The molecule has 7 N–H and O–H groups in total. The Kier molecular flexibility index (Phi) is 5.45. The molecule has 0 aliphatic carbocycles. The number of nitrogens with one attached hydrogen (secondary N) is 1. The number of hydrogen-bond acceptors (Lipinski definition) is 10. The minimum Gasteiger partial charge on any atom is -0.375 e. The maximum Gasteiger partial charge on any atom is 0.206 e. The van der Waals surface area contributed by atoms with Crippen molar-refractivity contribution >= 4 is 49.6 Å². The summed E-state index contributed by atoms with van der Waals surface area (Å²) in [4.78, 5) is 5.72. The number of nitrogens with two attached hydrogens (primary N) is 3. The van der Waals surface area contributed by atoms with E-state index in [1.807, 2.05) is 34.6 Å². The van der Waals surface area contributed by atoms with Crippen LogP contribution in [0, 0.1) is 0 Å². The van der Waals surface area contributed by atoms with Gasteiger partial charge in [-0.1, -0.05) is 29.5 Å². The molecule has 0 spiro atoms. The largest absolute Gasteiger partial charge is 0.375 e. The monoisotopic (exact) mass is 473 g/mol. The van der Waals surface area contributed by atoms with Gasteiger partial charge >= 0.3 is 0 Å². The Bertz CT molecular complexity index is 1270. The van der Waals surface area contributed by atoms with Crippen molar-refractivity contribution in [1.29, 1.82) is 0 Å². The van der Waals surface area contributed by atoms with Crippen LogP contribution in [0.15, 0.2) is 40.1 Å². The van der Waals surface area contributed by atoms with Gasteiger partial charge in [-0.25, -0.2) is 13.5 Å². The fourth-order valence-electron chi connectivity index (χ4n) is 3.76. The molecule has 1 saturated heterocycles. The number of fused-ring (bicyclic) bond motifs is 1. The van der Waals surface area contributed by atoms with Crippen molar-refractivity contribution in [3.8, 4) is 22.5 Å². The molecule has 1 aliphatic rings. The molecular weight excluding hydrogens is 454 g/mol. The summed E-state index contributed by atoms with van der Waals surface area (Å²) in [6.07, 6.45) is 0.805. The van der Waals surface area contributed by atoms with Crippen LogP contribution in [0.2, 0.25) is 0 Å². The molecule has 1 aliphatic heterocycles. The quantitative estimate of drug-likeness (QED) is 0.316. The van der Waals surface area contributed by atoms with Gasteiger partial charge in [0.2, 0.25) is 5.82 Å². The van der Waals surface area contributed by atoms with Crippen LogP contribution in [0.4, 0.5) is 5.13 Å². The van der Waals surface area contributed by atoms with E-state index in [9.17, 15) is 4.21 Å². The molecule has 0 saturated carbocycles. The van der Waals surface area contributed by atoms with E-state index in [4.69, 9.17) is 16.6 Å². The smallest absolute Gasteiger partial charge is 0.206 e. The standard InChI is InChI=1S/C18H19N9OS3/c19-9-6-7-27(8-9)31(28)13-5-4-10(14(16(13)30-21)17-23-25-26-24-17)11-2-1-3-12-15(11)22-18(20)29-12/h1-5,9H,6-8,19,21H2,(H2,20,22)(H,23,24,25,26)/t9-,31?/m0/s1. The zero-order valence-corrected chi connectivity index (χ0v) is 18.6. The molecule has 3 heterocycles. The van der Waals surface area contributed by atoms with Crippen LogP contribution in [0.3, 0.4) is 0 Å². The zero-order valence-electron chi connectivity index (χ0n) is 16.2. The van der Waals surface area contributed by atoms with Crippen molar-refractivity contribution in [3.05, 3.63) is 30.3 Å². The van der Waals surface area contributed by atoms with E-state index in [1.54, 1.807) is 0 Å². The number of hydrogen-bond donors (Lipinski definition) is 4. The van der Waals surface area contributed by atoms with Gasteiger partial charge in [-0.15, -0.1) is 10.2 Å². The van der Waals surface area contributed by atoms with Crippen LogP contribution in [0.1, 0.15) is 6.42 Å². The number of nitrogens with zero attached hydrogens (tertiary/aromatic N) is 5. The van der Waals surface area contributed by atoms with Gasteiger partial charge in [0.05, 0.1) is 20.0 Å². The van der Waals surface area contributed by atoms with E-state index in [2.05, 4.69) is 25.6 Å². The van der Waals surface area contributed by atoms with Gasteiger partial charge in [-0.05, 0) is 41.3 Å². The van der Waals surface area contributed by atoms with Crippen molar-refractivity contribution in [1.82, 2.24) is 29.9 Å². The predicted molar refractivity (Wildman–Crippen MR) is 123 cm³/mol. The second-order valence-corrected chi connectivity index (χ2v) is 10.2. The molecule has 2 aromatic carbocycles. The van der Waals surface area contributed by atoms with Crippen molar-refractivity contribution in [3.63, 3.8) is 0 Å². The summed E-state index contributed by atoms with van der Waals surface area (Å²) >= 11 is 2.43. The first-order valence-corrected chi connectivity index (χ1v) is 12.2. The predicted octanol–water partition coefficient (Wildman–Crippen LogP) is 1.75. The van der Waals surface area contributed by atoms with Crippen LogP contribution in [-0.4, -0.2) is 53.3 Å². The normalized spacial score (nSPS) is 18.1. The summed E-state index contributed by atoms with van der Waals surface area (Å²) in [5.74, 6) is 0.361. The maximum absolute atomic E-state index is 13.4. The van der Waals surface area contributed by atoms with E-state index in [1.165, 1.54) is 11.3 Å². The Labute approximate surface area is 188 Å². The number of aromatic amines is 1. The number of rotatable bonds is 5. The number of aromatic nitrogens is 5. The number of anilines is 1. The van der Waals surface area contributed by atoms with E-state index in [-0.39, 0.29) is 6.04 Å². The Balaban J connectivity index is 1.74. The fourth-order valence-corrected chi connectivity index (χ4v) is 6.70. The van der Waals surface area contributed by atoms with Crippen LogP contribution in [0.5, 0.6) is 0 Å². The molecule has 2 atom stereocenters. The molecule has 0 radical (unpaired) electrons. The van der Waals surface area contributed by atoms with Crippen LogP contribution in [0.25, 0.3) is 32.7 Å². The summed E-state index contributed by atoms with van der Waals surface area (Å²) in [6.45, 7) is 1.23. The highest BCUT2D eigenvalue weighted by molar-refractivity contribution is 7.97. The molecule has 10 nitrogen and oxygen atoms in total. The van der Waals surface area contributed by atoms with Gasteiger partial charge < -0.3 is 11.5 Å². The Morgan fingerprint density at radius 2 is 2.13 bits per heavy atom. The lowest BCUT2D eigenvalue weighted by Crippen LogP contribution is -2.28. The molecule has 31 heavy (non-hydrogen) atoms. The number of thiazole rings is 1. The summed E-state index contributed by atoms with van der Waals surface area (Å²) in [5.41, 5.74) is 15.1. The maximum atomic E-state index is 13.4. The fraction of sp³-hybridized carbons (Fsp3) is 0.222. The van der Waals surface area contributed by atoms with Crippen molar-refractivity contribution in [2.45, 2.75) is 22.3 Å². The Morgan fingerprint density at radius 3 is 2.84 bits per heavy atom. The average molecular weight is 474 g/mol. The van der Waals surface area contributed by atoms with Gasteiger partial charge in [-0.2, -0.15) is 5.21 Å². The lowest BCUT2D eigenvalue weighted by molar-refractivity contribution is 0.526. The third kappa shape index (κ3) is 3.62. The van der Waals surface area contributed by atoms with Crippen molar-refractivity contribution in [2.24, 2.45) is 10.9 Å². The van der Waals surface area contributed by atoms with Gasteiger partial charge in [-0.3, -0.25) is 5.14 Å². The van der Waals surface area contributed by atoms with Crippen LogP contribution in [-0.2, 0) is 11.0 Å². The van der Waals surface area contributed by atoms with Crippen molar-refractivity contribution in [2.75, 3.05) is 18.8 Å². The first kappa shape index (κ1) is 20.5. The van der Waals surface area contributed by atoms with Crippen molar-refractivity contribution < 1.29 is 4.21 Å². The molecule has 1 fully saturated rings. The molecule has 4 aromatic rings. The molecule has 2 aromatic heterocycles. The van der Waals surface area contributed by atoms with Gasteiger partial charge in [0.15, 0.2) is 5.13 Å². The number of nitrogen functional groups attached to an aromatic ring is 1. The van der Waals surface area contributed by atoms with Gasteiger partial charge in [0.25, 0.3) is 0 Å². The molecular formula is C18H19N9OS3. The first-order chi connectivity index (χ1) is 15.1. The second-order valence-electron chi connectivity index (χ2n) is 7.06. The topological polar surface area (TPSA) is 166 Å². The zero-order chi connectivity index (χ0) is 21.5. The second kappa shape index (κ2) is 8.26. The molecule has 1 unspecified atom stereocenters. The lowest BCUT2D eigenvalue weighted by Gasteiger charge is -2.19. The third-order valence-corrected chi connectivity index (χ3v) is 8.30. The third-order valence-electron chi connectivity index (χ3n) is 5.14. The highest BCUT2D eigenvalue weighted by Gasteiger charge is 2.29. The van der Waals surface area contributed by atoms with Gasteiger partial charge in [0.1, 0.15) is 11.0 Å². The van der Waals surface area contributed by atoms with E-state index in [0.29, 0.717) is 39.4 Å². The molecule has 0 bridgehead atoms. The highest BCUT2D eigenvalue weighted by atomic mass is 32.2. The van der Waals surface area contributed by atoms with E-state index >= 15 is 0 Å². The average Bonchev–Trinajstić information content (AvgIpc) is 3.52. The SMILES string of the molecule is NSc1c(S(=O)N2CC[C@H](N)C2)ccc(-c2cccc3sc(N)nc23)c1-c1nn[nH]n1.